The maximum absolute atomic E-state index is 13.9. The van der Waals surface area contributed by atoms with Gasteiger partial charge >= 0.3 is 0 Å². The maximum Gasteiger partial charge on any atom is 0.253 e. The number of hydrogen-bond donors (Lipinski definition) is 1. The number of aryl methyl sites for hydroxylation is 2. The lowest BCUT2D eigenvalue weighted by molar-refractivity contribution is -0.127. The summed E-state index contributed by atoms with van der Waals surface area (Å²) in [5.74, 6) is -0.775. The monoisotopic (exact) mass is 382 g/mol. The minimum Gasteiger partial charge on any atom is -0.349 e. The van der Waals surface area contributed by atoms with Crippen LogP contribution in [0.5, 0.6) is 0 Å². The SMILES string of the molecule is Cc1cc(C)cc(C(=O)N2CCC[C@H](C(=O)N[C@@H](C)c3ccccc3F)C2)c1. The van der Waals surface area contributed by atoms with Gasteiger partial charge in [0.2, 0.25) is 5.91 Å². The molecule has 5 heteroatoms. The summed E-state index contributed by atoms with van der Waals surface area (Å²) in [6.07, 6.45) is 1.51. The summed E-state index contributed by atoms with van der Waals surface area (Å²) >= 11 is 0. The van der Waals surface area contributed by atoms with E-state index in [0.717, 1.165) is 24.0 Å². The van der Waals surface area contributed by atoms with Crippen molar-refractivity contribution >= 4 is 11.8 Å². The number of carbonyl (C=O) groups is 2. The van der Waals surface area contributed by atoms with Crippen LogP contribution in [0.3, 0.4) is 0 Å². The van der Waals surface area contributed by atoms with E-state index in [2.05, 4.69) is 5.32 Å². The Morgan fingerprint density at radius 2 is 1.82 bits per heavy atom. The van der Waals surface area contributed by atoms with Crippen molar-refractivity contribution in [3.63, 3.8) is 0 Å². The topological polar surface area (TPSA) is 49.4 Å². The van der Waals surface area contributed by atoms with E-state index >= 15 is 0 Å². The van der Waals surface area contributed by atoms with Crippen molar-refractivity contribution in [2.45, 2.75) is 39.7 Å². The fourth-order valence-electron chi connectivity index (χ4n) is 3.89. The molecule has 1 heterocycles. The predicted molar refractivity (Wildman–Crippen MR) is 108 cm³/mol. The zero-order valence-electron chi connectivity index (χ0n) is 16.7. The standard InChI is InChI=1S/C23H27FN2O2/c1-15-11-16(2)13-19(12-15)23(28)26-10-6-7-18(14-26)22(27)25-17(3)20-8-4-5-9-21(20)24/h4-5,8-9,11-13,17-18H,6-7,10,14H2,1-3H3,(H,25,27)/t17-,18-/m0/s1. The van der Waals surface area contributed by atoms with Crippen molar-refractivity contribution in [2.24, 2.45) is 5.92 Å². The van der Waals surface area contributed by atoms with Crippen LogP contribution in [-0.4, -0.2) is 29.8 Å². The molecule has 0 aromatic heterocycles. The van der Waals surface area contributed by atoms with E-state index in [-0.39, 0.29) is 23.5 Å². The van der Waals surface area contributed by atoms with Crippen LogP contribution in [0.2, 0.25) is 0 Å². The summed E-state index contributed by atoms with van der Waals surface area (Å²) < 4.78 is 13.9. The quantitative estimate of drug-likeness (QED) is 0.863. The highest BCUT2D eigenvalue weighted by atomic mass is 19.1. The van der Waals surface area contributed by atoms with Crippen LogP contribution in [-0.2, 0) is 4.79 Å². The molecule has 148 valence electrons. The molecule has 2 aromatic carbocycles. The third kappa shape index (κ3) is 4.58. The van der Waals surface area contributed by atoms with Gasteiger partial charge in [0.25, 0.3) is 5.91 Å². The molecule has 2 atom stereocenters. The third-order valence-electron chi connectivity index (χ3n) is 5.28. The third-order valence-corrected chi connectivity index (χ3v) is 5.28. The minimum absolute atomic E-state index is 0.0357. The molecule has 1 N–H and O–H groups in total. The largest absolute Gasteiger partial charge is 0.349 e. The molecule has 0 radical (unpaired) electrons. The number of benzene rings is 2. The number of likely N-dealkylation sites (tertiary alicyclic amines) is 1. The van der Waals surface area contributed by atoms with Crippen molar-refractivity contribution in [1.82, 2.24) is 10.2 Å². The fourth-order valence-corrected chi connectivity index (χ4v) is 3.89. The molecule has 4 nitrogen and oxygen atoms in total. The Kier molecular flexibility index (Phi) is 6.12. The van der Waals surface area contributed by atoms with Crippen LogP contribution in [0.4, 0.5) is 4.39 Å². The molecule has 0 unspecified atom stereocenters. The molecule has 1 fully saturated rings. The van der Waals surface area contributed by atoms with Crippen LogP contribution < -0.4 is 5.32 Å². The van der Waals surface area contributed by atoms with Crippen molar-refractivity contribution < 1.29 is 14.0 Å². The Balaban J connectivity index is 1.66. The molecule has 1 aliphatic heterocycles. The predicted octanol–water partition coefficient (Wildman–Crippen LogP) is 4.17. The second-order valence-electron chi connectivity index (χ2n) is 7.72. The first-order chi connectivity index (χ1) is 13.3. The van der Waals surface area contributed by atoms with Gasteiger partial charge in [-0.05, 0) is 51.8 Å². The van der Waals surface area contributed by atoms with Crippen LogP contribution in [0.1, 0.15) is 52.9 Å². The molecule has 0 aliphatic carbocycles. The fraction of sp³-hybridized carbons (Fsp3) is 0.391. The molecule has 0 bridgehead atoms. The number of nitrogens with zero attached hydrogens (tertiary/aromatic N) is 1. The van der Waals surface area contributed by atoms with Gasteiger partial charge in [0.05, 0.1) is 12.0 Å². The summed E-state index contributed by atoms with van der Waals surface area (Å²) in [7, 11) is 0. The molecule has 0 saturated carbocycles. The van der Waals surface area contributed by atoms with Gasteiger partial charge in [0.1, 0.15) is 5.82 Å². The van der Waals surface area contributed by atoms with Gasteiger partial charge in [-0.15, -0.1) is 0 Å². The number of halogens is 1. The zero-order valence-corrected chi connectivity index (χ0v) is 16.7. The smallest absolute Gasteiger partial charge is 0.253 e. The minimum atomic E-state index is -0.417. The van der Waals surface area contributed by atoms with E-state index in [1.54, 1.807) is 30.0 Å². The lowest BCUT2D eigenvalue weighted by Gasteiger charge is -2.33. The van der Waals surface area contributed by atoms with E-state index in [9.17, 15) is 14.0 Å². The zero-order chi connectivity index (χ0) is 20.3. The second kappa shape index (κ2) is 8.55. The van der Waals surface area contributed by atoms with Crippen molar-refractivity contribution in [3.8, 4) is 0 Å². The first-order valence-electron chi connectivity index (χ1n) is 9.77. The van der Waals surface area contributed by atoms with Crippen molar-refractivity contribution in [1.29, 1.82) is 0 Å². The van der Waals surface area contributed by atoms with Gasteiger partial charge in [-0.2, -0.15) is 0 Å². The molecular weight excluding hydrogens is 355 g/mol. The van der Waals surface area contributed by atoms with Gasteiger partial charge in [0, 0.05) is 24.2 Å². The molecule has 3 rings (SSSR count). The summed E-state index contributed by atoms with van der Waals surface area (Å²) in [6.45, 7) is 6.76. The van der Waals surface area contributed by atoms with E-state index in [0.29, 0.717) is 24.2 Å². The summed E-state index contributed by atoms with van der Waals surface area (Å²) in [5.41, 5.74) is 3.23. The number of nitrogens with one attached hydrogen (secondary N) is 1. The van der Waals surface area contributed by atoms with Gasteiger partial charge in [0.15, 0.2) is 0 Å². The second-order valence-corrected chi connectivity index (χ2v) is 7.72. The van der Waals surface area contributed by atoms with E-state index < -0.39 is 6.04 Å². The van der Waals surface area contributed by atoms with E-state index in [1.165, 1.54) is 6.07 Å². The number of piperidine rings is 1. The summed E-state index contributed by atoms with van der Waals surface area (Å²) in [5, 5.41) is 2.91. The van der Waals surface area contributed by atoms with Crippen molar-refractivity contribution in [2.75, 3.05) is 13.1 Å². The first-order valence-corrected chi connectivity index (χ1v) is 9.77. The lowest BCUT2D eigenvalue weighted by Crippen LogP contribution is -2.46. The molecular formula is C23H27FN2O2. The highest BCUT2D eigenvalue weighted by Crippen LogP contribution is 2.22. The molecule has 2 aromatic rings. The van der Waals surface area contributed by atoms with Gasteiger partial charge in [-0.1, -0.05) is 35.4 Å². The summed E-state index contributed by atoms with van der Waals surface area (Å²) in [6, 6.07) is 11.8. The Morgan fingerprint density at radius 3 is 2.50 bits per heavy atom. The van der Waals surface area contributed by atoms with Crippen molar-refractivity contribution in [3.05, 3.63) is 70.5 Å². The molecule has 0 spiro atoms. The van der Waals surface area contributed by atoms with Crippen LogP contribution in [0.25, 0.3) is 0 Å². The Hall–Kier alpha value is -2.69. The molecule has 28 heavy (non-hydrogen) atoms. The average molecular weight is 382 g/mol. The average Bonchev–Trinajstić information content (AvgIpc) is 2.67. The highest BCUT2D eigenvalue weighted by Gasteiger charge is 2.30. The highest BCUT2D eigenvalue weighted by molar-refractivity contribution is 5.95. The van der Waals surface area contributed by atoms with Crippen LogP contribution in [0, 0.1) is 25.6 Å². The van der Waals surface area contributed by atoms with Gasteiger partial charge < -0.3 is 10.2 Å². The van der Waals surface area contributed by atoms with Gasteiger partial charge in [-0.3, -0.25) is 9.59 Å². The number of hydrogen-bond acceptors (Lipinski definition) is 2. The Bertz CT molecular complexity index is 860. The Morgan fingerprint density at radius 1 is 1.14 bits per heavy atom. The van der Waals surface area contributed by atoms with Gasteiger partial charge in [-0.25, -0.2) is 4.39 Å². The normalized spacial score (nSPS) is 17.9. The summed E-state index contributed by atoms with van der Waals surface area (Å²) in [4.78, 5) is 27.4. The number of carbonyl (C=O) groups excluding carboxylic acids is 2. The maximum atomic E-state index is 13.9. The number of amides is 2. The molecule has 1 aliphatic rings. The molecule has 2 amide bonds. The molecule has 1 saturated heterocycles. The first kappa shape index (κ1) is 20.1. The van der Waals surface area contributed by atoms with E-state index in [4.69, 9.17) is 0 Å². The Labute approximate surface area is 165 Å². The van der Waals surface area contributed by atoms with E-state index in [1.807, 2.05) is 32.0 Å². The van der Waals surface area contributed by atoms with Crippen LogP contribution >= 0.6 is 0 Å². The van der Waals surface area contributed by atoms with Crippen LogP contribution in [0.15, 0.2) is 42.5 Å². The number of rotatable bonds is 4. The lowest BCUT2D eigenvalue weighted by atomic mass is 9.95.